The Morgan fingerprint density at radius 1 is 0.644 bits per heavy atom. The van der Waals surface area contributed by atoms with Gasteiger partial charge in [0.2, 0.25) is 0 Å². The van der Waals surface area contributed by atoms with Gasteiger partial charge in [-0.1, -0.05) is 23.3 Å². The Balaban J connectivity index is 1.14. The van der Waals surface area contributed by atoms with Gasteiger partial charge in [-0.3, -0.25) is 28.8 Å². The summed E-state index contributed by atoms with van der Waals surface area (Å²) in [6.07, 6.45) is 7.52. The van der Waals surface area contributed by atoms with Gasteiger partial charge in [-0.25, -0.2) is 0 Å². The zero-order valence-corrected chi connectivity index (χ0v) is 37.0. The van der Waals surface area contributed by atoms with Crippen LogP contribution in [0.5, 0.6) is 0 Å². The lowest BCUT2D eigenvalue weighted by Gasteiger charge is -2.52. The molecule has 0 aromatic heterocycles. The van der Waals surface area contributed by atoms with Crippen LogP contribution in [0.25, 0.3) is 0 Å². The van der Waals surface area contributed by atoms with Gasteiger partial charge in [0.1, 0.15) is 24.0 Å². The summed E-state index contributed by atoms with van der Waals surface area (Å²) < 4.78 is 22.8. The predicted octanol–water partition coefficient (Wildman–Crippen LogP) is 5.46. The largest absolute Gasteiger partial charge is 0.466 e. The van der Waals surface area contributed by atoms with Crippen molar-refractivity contribution in [2.24, 2.45) is 59.2 Å². The smallest absolute Gasteiger partial charge is 0.317 e. The van der Waals surface area contributed by atoms with Gasteiger partial charge in [-0.2, -0.15) is 0 Å². The molecular formula is C43H58Cl4N2O10. The number of carbonyl (C=O) groups excluding carboxylic acids is 6. The number of ketones is 2. The number of ether oxygens (including phenoxy) is 4. The van der Waals surface area contributed by atoms with Crippen molar-refractivity contribution in [1.82, 2.24) is 9.80 Å². The van der Waals surface area contributed by atoms with Crippen LogP contribution in [0.3, 0.4) is 0 Å². The number of hydrogen-bond donors (Lipinski definition) is 0. The van der Waals surface area contributed by atoms with Gasteiger partial charge >= 0.3 is 23.9 Å². The minimum absolute atomic E-state index is 0.0792. The molecule has 4 saturated heterocycles. The third-order valence-corrected chi connectivity index (χ3v) is 14.4. The standard InChI is InChI=1S/C43H58Cl4N2O10/c1-3-56-40(52)34-30(32-36(50)28(38(34)58-42(32)54)22-48(17-13-44)18-14-45)26-9-5-24(6-10-26)21-25-7-11-27(12-8-25)31-33-37(51)29(23-49(19-15-46)20-16-47)39(59-43(33)55)35(31)41(53)57-4-2/h5,7,26-35,38-39H,3-4,6,8-23H2,1-2H3/t26-,27+,28-,29-,30+,31-,32+,33+,34-,35-,38-,39-/m0/s1. The average Bonchev–Trinajstić information content (AvgIpc) is 3.21. The molecule has 4 aliphatic heterocycles. The average molecular weight is 905 g/mol. The van der Waals surface area contributed by atoms with Crippen LogP contribution < -0.4 is 0 Å². The van der Waals surface area contributed by atoms with Gasteiger partial charge in [-0.05, 0) is 82.5 Å². The molecule has 12 nitrogen and oxygen atoms in total. The van der Waals surface area contributed by atoms with Gasteiger partial charge in [0.15, 0.2) is 11.6 Å². The first-order chi connectivity index (χ1) is 28.5. The van der Waals surface area contributed by atoms with E-state index in [4.69, 9.17) is 65.4 Å². The maximum Gasteiger partial charge on any atom is 0.317 e. The molecule has 4 bridgehead atoms. The van der Waals surface area contributed by atoms with Crippen LogP contribution in [-0.2, 0) is 47.7 Å². The van der Waals surface area contributed by atoms with E-state index < -0.39 is 83.4 Å². The highest BCUT2D eigenvalue weighted by Crippen LogP contribution is 2.53. The van der Waals surface area contributed by atoms with E-state index in [0.717, 1.165) is 19.3 Å². The van der Waals surface area contributed by atoms with Crippen LogP contribution >= 0.6 is 46.4 Å². The number of hydrogen-bond acceptors (Lipinski definition) is 12. The first kappa shape index (κ1) is 46.3. The van der Waals surface area contributed by atoms with Crippen molar-refractivity contribution in [3.63, 3.8) is 0 Å². The quantitative estimate of drug-likeness (QED) is 0.0503. The summed E-state index contributed by atoms with van der Waals surface area (Å²) in [4.78, 5) is 85.8. The highest BCUT2D eigenvalue weighted by molar-refractivity contribution is 6.19. The second-order valence-corrected chi connectivity index (χ2v) is 18.3. The Labute approximate surface area is 367 Å². The molecule has 8 rings (SSSR count). The highest BCUT2D eigenvalue weighted by Gasteiger charge is 2.65. The van der Waals surface area contributed by atoms with Crippen LogP contribution in [0.1, 0.15) is 58.8 Å². The molecule has 8 aliphatic rings. The maximum absolute atomic E-state index is 14.0. The van der Waals surface area contributed by atoms with E-state index in [0.29, 0.717) is 88.5 Å². The summed E-state index contributed by atoms with van der Waals surface area (Å²) in [5.41, 5.74) is 2.51. The molecular weight excluding hydrogens is 846 g/mol. The van der Waals surface area contributed by atoms with Crippen LogP contribution in [0, 0.1) is 59.2 Å². The van der Waals surface area contributed by atoms with Crippen LogP contribution in [0.4, 0.5) is 0 Å². The van der Waals surface area contributed by atoms with Crippen molar-refractivity contribution in [3.8, 4) is 0 Å². The number of nitrogens with zero attached hydrogens (tertiary/aromatic N) is 2. The third kappa shape index (κ3) is 9.88. The van der Waals surface area contributed by atoms with Crippen LogP contribution in [0.15, 0.2) is 23.3 Å². The first-order valence-electron chi connectivity index (χ1n) is 21.4. The Bertz CT molecular complexity index is 1510. The maximum atomic E-state index is 14.0. The molecule has 4 aliphatic carbocycles. The number of rotatable bonds is 20. The minimum atomic E-state index is -1.03. The molecule has 0 unspecified atom stereocenters. The second kappa shape index (κ2) is 21.2. The fraction of sp³-hybridized carbons (Fsp3) is 0.767. The molecule has 59 heavy (non-hydrogen) atoms. The van der Waals surface area contributed by atoms with Gasteiger partial charge in [0.25, 0.3) is 0 Å². The Morgan fingerprint density at radius 3 is 1.32 bits per heavy atom. The highest BCUT2D eigenvalue weighted by atomic mass is 35.5. The van der Waals surface area contributed by atoms with E-state index in [9.17, 15) is 28.8 Å². The van der Waals surface area contributed by atoms with E-state index >= 15 is 0 Å². The molecule has 0 radical (unpaired) electrons. The fourth-order valence-corrected chi connectivity index (χ4v) is 12.1. The number of allylic oxidation sites excluding steroid dienone is 4. The number of carbonyl (C=O) groups is 6. The molecule has 16 heteroatoms. The van der Waals surface area contributed by atoms with E-state index in [1.165, 1.54) is 11.1 Å². The molecule has 328 valence electrons. The lowest BCUT2D eigenvalue weighted by molar-refractivity contribution is -0.208. The molecule has 0 spiro atoms. The van der Waals surface area contributed by atoms with E-state index in [1.54, 1.807) is 13.8 Å². The van der Waals surface area contributed by atoms with Gasteiger partial charge in [-0.15, -0.1) is 46.4 Å². The monoisotopic (exact) mass is 902 g/mol. The predicted molar refractivity (Wildman–Crippen MR) is 222 cm³/mol. The minimum Gasteiger partial charge on any atom is -0.466 e. The molecule has 2 saturated carbocycles. The number of Topliss-reactive ketones (excluding diaryl/α,β-unsaturated/α-hetero) is 2. The normalized spacial score (nSPS) is 34.1. The molecule has 0 amide bonds. The summed E-state index contributed by atoms with van der Waals surface area (Å²) in [5.74, 6) is -6.99. The zero-order chi connectivity index (χ0) is 42.4. The van der Waals surface area contributed by atoms with Crippen LogP contribution in [-0.4, -0.2) is 133 Å². The fourth-order valence-electron chi connectivity index (χ4n) is 11.1. The summed E-state index contributed by atoms with van der Waals surface area (Å²) in [6.45, 7) is 6.49. The van der Waals surface area contributed by atoms with Gasteiger partial charge in [0.05, 0.1) is 36.9 Å². The SMILES string of the molecule is CCOC(=O)[C@@H]1[C@H]2OC(=O)[C@@H](C(=O)[C@@H]2CN(CCCl)CCCl)[C@H]1[C@H]1CC=C(CC2=CC[C@@H]([C@H]3[C@H]4C(=O)O[C@H]([C@H]3C(=O)OCC)[C@@H](CN(CCCl)CCCl)C4=O)CC2)CC1. The number of fused-ring (bicyclic) bond motifs is 6. The number of esters is 4. The van der Waals surface area contributed by atoms with E-state index in [-0.39, 0.29) is 36.6 Å². The molecule has 0 aromatic rings. The molecule has 12 atom stereocenters. The molecule has 4 heterocycles. The first-order valence-corrected chi connectivity index (χ1v) is 23.5. The lowest BCUT2D eigenvalue weighted by Crippen LogP contribution is -2.65. The van der Waals surface area contributed by atoms with Gasteiger partial charge in [0, 0.05) is 62.8 Å². The summed E-state index contributed by atoms with van der Waals surface area (Å²) in [5, 5.41) is 0. The Morgan fingerprint density at radius 2 is 1.02 bits per heavy atom. The summed E-state index contributed by atoms with van der Waals surface area (Å²) in [6, 6.07) is 0. The Hall–Kier alpha value is -2.22. The number of alkyl halides is 4. The van der Waals surface area contributed by atoms with Crippen molar-refractivity contribution in [3.05, 3.63) is 23.3 Å². The van der Waals surface area contributed by atoms with Crippen LogP contribution in [0.2, 0.25) is 0 Å². The van der Waals surface area contributed by atoms with Crippen molar-refractivity contribution in [2.45, 2.75) is 71.0 Å². The zero-order valence-electron chi connectivity index (χ0n) is 34.0. The van der Waals surface area contributed by atoms with E-state index in [2.05, 4.69) is 12.2 Å². The van der Waals surface area contributed by atoms with Crippen molar-refractivity contribution >= 4 is 81.8 Å². The van der Waals surface area contributed by atoms with E-state index in [1.807, 2.05) is 9.80 Å². The molecule has 6 fully saturated rings. The third-order valence-electron chi connectivity index (χ3n) is 13.7. The van der Waals surface area contributed by atoms with Crippen molar-refractivity contribution in [2.75, 3.05) is 76.0 Å². The summed E-state index contributed by atoms with van der Waals surface area (Å²) in [7, 11) is 0. The van der Waals surface area contributed by atoms with Gasteiger partial charge < -0.3 is 28.7 Å². The molecule has 0 N–H and O–H groups in total. The summed E-state index contributed by atoms with van der Waals surface area (Å²) >= 11 is 24.1. The second-order valence-electron chi connectivity index (χ2n) is 16.8. The number of halogens is 4. The van der Waals surface area contributed by atoms with Crippen molar-refractivity contribution < 1.29 is 47.7 Å². The Kier molecular flexibility index (Phi) is 16.7. The lowest BCUT2D eigenvalue weighted by atomic mass is 9.57. The van der Waals surface area contributed by atoms with Crippen molar-refractivity contribution in [1.29, 1.82) is 0 Å². The molecule has 0 aromatic carbocycles. The topological polar surface area (TPSA) is 146 Å².